The standard InChI is InChI=1S/C25H19NO4S/c27-25(26-28)11-18-14-30-23-12-19(8-9-20(18)23)29-13-16-4-3-5-17(10-16)22-15-31-24-7-2-1-6-21(22)24/h1-10,12,15,18H,11,13-14H2. The fourth-order valence-corrected chi connectivity index (χ4v) is 4.93. The van der Waals surface area contributed by atoms with E-state index in [2.05, 4.69) is 59.1 Å². The second-order valence-electron chi connectivity index (χ2n) is 7.53. The van der Waals surface area contributed by atoms with E-state index in [0.717, 1.165) is 11.1 Å². The molecular weight excluding hydrogens is 410 g/mol. The van der Waals surface area contributed by atoms with Crippen molar-refractivity contribution < 1.29 is 14.3 Å². The number of carbonyl (C=O) groups excluding carboxylic acids is 1. The lowest BCUT2D eigenvalue weighted by atomic mass is 9.97. The molecule has 0 N–H and O–H groups in total. The molecule has 0 fully saturated rings. The van der Waals surface area contributed by atoms with Gasteiger partial charge in [0, 0.05) is 44.8 Å². The van der Waals surface area contributed by atoms with Crippen molar-refractivity contribution in [3.8, 4) is 22.6 Å². The molecule has 6 heteroatoms. The van der Waals surface area contributed by atoms with Crippen LogP contribution in [0.1, 0.15) is 23.5 Å². The summed E-state index contributed by atoms with van der Waals surface area (Å²) in [6.07, 6.45) is 0.0702. The third kappa shape index (κ3) is 3.94. The Kier molecular flexibility index (Phi) is 5.22. The van der Waals surface area contributed by atoms with Crippen LogP contribution in [0.5, 0.6) is 11.5 Å². The molecule has 1 aliphatic heterocycles. The van der Waals surface area contributed by atoms with Gasteiger partial charge in [0.05, 0.1) is 6.61 Å². The Bertz CT molecular complexity index is 1280. The maximum atomic E-state index is 11.3. The van der Waals surface area contributed by atoms with Crippen LogP contribution < -0.4 is 9.47 Å². The normalized spacial score (nSPS) is 14.8. The number of hydrogen-bond donors (Lipinski definition) is 0. The van der Waals surface area contributed by atoms with Crippen molar-refractivity contribution in [2.24, 2.45) is 5.18 Å². The Hall–Kier alpha value is -3.51. The van der Waals surface area contributed by atoms with E-state index in [1.54, 1.807) is 11.3 Å². The van der Waals surface area contributed by atoms with Crippen LogP contribution in [0.4, 0.5) is 0 Å². The zero-order valence-electron chi connectivity index (χ0n) is 16.6. The Morgan fingerprint density at radius 3 is 2.90 bits per heavy atom. The van der Waals surface area contributed by atoms with Crippen molar-refractivity contribution in [2.75, 3.05) is 6.61 Å². The van der Waals surface area contributed by atoms with Crippen LogP contribution in [0.25, 0.3) is 21.2 Å². The maximum Gasteiger partial charge on any atom is 0.287 e. The first-order chi connectivity index (χ1) is 15.2. The van der Waals surface area contributed by atoms with E-state index < -0.39 is 5.91 Å². The molecule has 2 heterocycles. The third-order valence-electron chi connectivity index (χ3n) is 5.51. The fraction of sp³-hybridized carbons (Fsp3) is 0.160. The first-order valence-corrected chi connectivity index (χ1v) is 10.9. The quantitative estimate of drug-likeness (QED) is 0.337. The molecule has 5 nitrogen and oxygen atoms in total. The van der Waals surface area contributed by atoms with Gasteiger partial charge in [-0.1, -0.05) is 42.5 Å². The molecule has 1 aliphatic rings. The summed E-state index contributed by atoms with van der Waals surface area (Å²) in [4.78, 5) is 21.7. The molecule has 3 aromatic carbocycles. The molecule has 31 heavy (non-hydrogen) atoms. The highest BCUT2D eigenvalue weighted by Crippen LogP contribution is 2.39. The van der Waals surface area contributed by atoms with Crippen molar-refractivity contribution in [3.63, 3.8) is 0 Å². The Balaban J connectivity index is 1.30. The van der Waals surface area contributed by atoms with Crippen molar-refractivity contribution in [3.05, 3.63) is 88.1 Å². The van der Waals surface area contributed by atoms with E-state index in [4.69, 9.17) is 9.47 Å². The summed E-state index contributed by atoms with van der Waals surface area (Å²) in [5.41, 5.74) is 4.40. The maximum absolute atomic E-state index is 11.3. The average molecular weight is 429 g/mol. The van der Waals surface area contributed by atoms with Gasteiger partial charge in [-0.2, -0.15) is 0 Å². The molecule has 1 unspecified atom stereocenters. The van der Waals surface area contributed by atoms with Crippen LogP contribution in [0.2, 0.25) is 0 Å². The van der Waals surface area contributed by atoms with E-state index in [0.29, 0.717) is 24.7 Å². The lowest BCUT2D eigenvalue weighted by Crippen LogP contribution is -2.06. The molecule has 4 aromatic rings. The monoisotopic (exact) mass is 429 g/mol. The molecule has 0 aliphatic carbocycles. The minimum absolute atomic E-state index is 0.0702. The summed E-state index contributed by atoms with van der Waals surface area (Å²) in [6.45, 7) is 0.808. The Morgan fingerprint density at radius 1 is 1.10 bits per heavy atom. The number of ether oxygens (including phenoxy) is 2. The minimum Gasteiger partial charge on any atom is -0.492 e. The molecule has 0 bridgehead atoms. The van der Waals surface area contributed by atoms with Gasteiger partial charge in [-0.05, 0) is 34.7 Å². The van der Waals surface area contributed by atoms with Gasteiger partial charge in [-0.25, -0.2) is 0 Å². The number of hydrogen-bond acceptors (Lipinski definition) is 5. The molecule has 0 saturated heterocycles. The van der Waals surface area contributed by atoms with Gasteiger partial charge in [-0.3, -0.25) is 4.79 Å². The number of amides is 1. The van der Waals surface area contributed by atoms with Crippen LogP contribution in [-0.4, -0.2) is 12.5 Å². The number of benzene rings is 3. The first-order valence-electron chi connectivity index (χ1n) is 10.0. The van der Waals surface area contributed by atoms with Gasteiger partial charge in [0.1, 0.15) is 18.1 Å². The van der Waals surface area contributed by atoms with Gasteiger partial charge < -0.3 is 9.47 Å². The molecule has 1 atom stereocenters. The van der Waals surface area contributed by atoms with E-state index in [1.807, 2.05) is 18.2 Å². The fourth-order valence-electron chi connectivity index (χ4n) is 3.96. The predicted molar refractivity (Wildman–Crippen MR) is 122 cm³/mol. The van der Waals surface area contributed by atoms with Crippen LogP contribution in [0.3, 0.4) is 0 Å². The summed E-state index contributed by atoms with van der Waals surface area (Å²) in [7, 11) is 0. The summed E-state index contributed by atoms with van der Waals surface area (Å²) < 4.78 is 13.0. The van der Waals surface area contributed by atoms with E-state index in [9.17, 15) is 9.70 Å². The largest absolute Gasteiger partial charge is 0.492 e. The topological polar surface area (TPSA) is 65.0 Å². The first kappa shape index (κ1) is 19.5. The van der Waals surface area contributed by atoms with Gasteiger partial charge in [-0.15, -0.1) is 16.2 Å². The highest BCUT2D eigenvalue weighted by molar-refractivity contribution is 7.17. The summed E-state index contributed by atoms with van der Waals surface area (Å²) in [5.74, 6) is 0.608. The Morgan fingerprint density at radius 2 is 2.00 bits per heavy atom. The van der Waals surface area contributed by atoms with E-state index >= 15 is 0 Å². The molecule has 5 rings (SSSR count). The second kappa shape index (κ2) is 8.32. The number of thiophene rings is 1. The smallest absolute Gasteiger partial charge is 0.287 e. The molecule has 0 saturated carbocycles. The van der Waals surface area contributed by atoms with Gasteiger partial charge in [0.2, 0.25) is 0 Å². The van der Waals surface area contributed by atoms with Gasteiger partial charge in [0.25, 0.3) is 5.91 Å². The SMILES string of the molecule is O=NC(=O)CC1COc2cc(OCc3cccc(-c4csc5ccccc45)c3)ccc21. The number of nitroso groups, excluding NO2 is 1. The zero-order chi connectivity index (χ0) is 21.2. The molecule has 0 spiro atoms. The lowest BCUT2D eigenvalue weighted by Gasteiger charge is -2.10. The number of carbonyl (C=O) groups is 1. The molecule has 0 radical (unpaired) electrons. The summed E-state index contributed by atoms with van der Waals surface area (Å²) in [5, 5.41) is 5.94. The van der Waals surface area contributed by atoms with Crippen molar-refractivity contribution in [2.45, 2.75) is 18.9 Å². The van der Waals surface area contributed by atoms with Crippen molar-refractivity contribution in [1.29, 1.82) is 0 Å². The molecule has 1 aromatic heterocycles. The highest BCUT2D eigenvalue weighted by atomic mass is 32.1. The third-order valence-corrected chi connectivity index (χ3v) is 6.48. The van der Waals surface area contributed by atoms with Crippen LogP contribution in [0.15, 0.2) is 77.3 Å². The van der Waals surface area contributed by atoms with Gasteiger partial charge in [0.15, 0.2) is 0 Å². The highest BCUT2D eigenvalue weighted by Gasteiger charge is 2.27. The number of fused-ring (bicyclic) bond motifs is 2. The van der Waals surface area contributed by atoms with Crippen molar-refractivity contribution in [1.82, 2.24) is 0 Å². The van der Waals surface area contributed by atoms with E-state index in [-0.39, 0.29) is 12.3 Å². The summed E-state index contributed by atoms with van der Waals surface area (Å²) in [6, 6.07) is 22.4. The van der Waals surface area contributed by atoms with Crippen LogP contribution in [0, 0.1) is 4.91 Å². The van der Waals surface area contributed by atoms with E-state index in [1.165, 1.54) is 21.2 Å². The number of nitrogens with zero attached hydrogens (tertiary/aromatic N) is 1. The van der Waals surface area contributed by atoms with Crippen LogP contribution >= 0.6 is 11.3 Å². The van der Waals surface area contributed by atoms with Crippen molar-refractivity contribution >= 4 is 27.3 Å². The minimum atomic E-state index is -0.653. The Labute approximate surface area is 183 Å². The number of rotatable bonds is 6. The van der Waals surface area contributed by atoms with Crippen LogP contribution in [-0.2, 0) is 11.4 Å². The lowest BCUT2D eigenvalue weighted by molar-refractivity contribution is -0.118. The molecule has 1 amide bonds. The summed E-state index contributed by atoms with van der Waals surface area (Å²) >= 11 is 1.75. The predicted octanol–water partition coefficient (Wildman–Crippen LogP) is 6.31. The second-order valence-corrected chi connectivity index (χ2v) is 8.44. The zero-order valence-corrected chi connectivity index (χ0v) is 17.4. The van der Waals surface area contributed by atoms with Gasteiger partial charge >= 0.3 is 0 Å². The molecular formula is C25H19NO4S. The average Bonchev–Trinajstić information content (AvgIpc) is 3.42. The molecule has 154 valence electrons.